The Morgan fingerprint density at radius 2 is 2.00 bits per heavy atom. The maximum Gasteiger partial charge on any atom is 0.289 e. The van der Waals surface area contributed by atoms with E-state index in [4.69, 9.17) is 28.9 Å². The maximum absolute atomic E-state index is 10.4. The molecule has 0 bridgehead atoms. The van der Waals surface area contributed by atoms with E-state index in [0.717, 1.165) is 0 Å². The Balaban J connectivity index is 3.28. The first-order valence-electron chi connectivity index (χ1n) is 3.38. The van der Waals surface area contributed by atoms with Gasteiger partial charge >= 0.3 is 0 Å². The van der Waals surface area contributed by atoms with Gasteiger partial charge < -0.3 is 5.73 Å². The molecule has 0 atom stereocenters. The molecule has 0 saturated heterocycles. The summed E-state index contributed by atoms with van der Waals surface area (Å²) in [5, 5.41) is 10.7. The Morgan fingerprint density at radius 3 is 2.46 bits per heavy atom. The predicted octanol–water partition coefficient (Wildman–Crippen LogP) is 2.36. The van der Waals surface area contributed by atoms with Gasteiger partial charge in [0.05, 0.1) is 9.95 Å². The van der Waals surface area contributed by atoms with Gasteiger partial charge in [0.15, 0.2) is 0 Å². The van der Waals surface area contributed by atoms with Crippen LogP contribution in [-0.4, -0.2) is 4.92 Å². The number of nitro benzene ring substituents is 1. The normalized spacial score (nSPS) is 10.1. The Labute approximate surface area is 84.4 Å². The fraction of sp³-hybridized carbons (Fsp3) is 0.143. The second-order valence-corrected chi connectivity index (χ2v) is 3.17. The minimum Gasteiger partial charge on any atom is -0.326 e. The number of hydrogen-bond donors (Lipinski definition) is 1. The molecule has 1 aromatic rings. The largest absolute Gasteiger partial charge is 0.326 e. The van der Waals surface area contributed by atoms with Gasteiger partial charge in [-0.15, -0.1) is 0 Å². The van der Waals surface area contributed by atoms with Crippen molar-refractivity contribution in [1.82, 2.24) is 0 Å². The molecule has 0 radical (unpaired) electrons. The van der Waals surface area contributed by atoms with E-state index in [1.807, 2.05) is 0 Å². The van der Waals surface area contributed by atoms with E-state index in [9.17, 15) is 10.1 Å². The van der Waals surface area contributed by atoms with Gasteiger partial charge in [0.2, 0.25) is 0 Å². The molecule has 0 saturated carbocycles. The topological polar surface area (TPSA) is 69.2 Å². The lowest BCUT2D eigenvalue weighted by atomic mass is 10.2. The Hall–Kier alpha value is -0.840. The van der Waals surface area contributed by atoms with Crippen LogP contribution in [0.5, 0.6) is 0 Å². The highest BCUT2D eigenvalue weighted by molar-refractivity contribution is 6.35. The van der Waals surface area contributed by atoms with Gasteiger partial charge in [-0.1, -0.05) is 23.2 Å². The molecule has 0 amide bonds. The second-order valence-electron chi connectivity index (χ2n) is 2.36. The second kappa shape index (κ2) is 3.91. The summed E-state index contributed by atoms with van der Waals surface area (Å²) in [4.78, 5) is 9.82. The lowest BCUT2D eigenvalue weighted by Gasteiger charge is -2.01. The number of rotatable bonds is 2. The van der Waals surface area contributed by atoms with Gasteiger partial charge in [0.1, 0.15) is 5.02 Å². The highest BCUT2D eigenvalue weighted by atomic mass is 35.5. The standard InChI is InChI=1S/C7H6Cl2N2O2/c8-5-2-7(11(12)13)6(9)1-4(5)3-10/h1-2H,3,10H2. The van der Waals surface area contributed by atoms with Crippen LogP contribution in [-0.2, 0) is 6.54 Å². The van der Waals surface area contributed by atoms with Gasteiger partial charge in [-0.25, -0.2) is 0 Å². The molecule has 0 aromatic heterocycles. The van der Waals surface area contributed by atoms with Crippen molar-refractivity contribution in [1.29, 1.82) is 0 Å². The molecule has 0 aliphatic heterocycles. The molecular formula is C7H6Cl2N2O2. The van der Waals surface area contributed by atoms with Gasteiger partial charge in [0.25, 0.3) is 5.69 Å². The molecule has 13 heavy (non-hydrogen) atoms. The first-order valence-corrected chi connectivity index (χ1v) is 4.14. The number of nitro groups is 1. The summed E-state index contributed by atoms with van der Waals surface area (Å²) in [6, 6.07) is 2.61. The number of nitrogens with zero attached hydrogens (tertiary/aromatic N) is 1. The molecule has 1 rings (SSSR count). The van der Waals surface area contributed by atoms with E-state index >= 15 is 0 Å². The van der Waals surface area contributed by atoms with Crippen LogP contribution >= 0.6 is 23.2 Å². The zero-order valence-corrected chi connectivity index (χ0v) is 7.97. The third-order valence-corrected chi connectivity index (χ3v) is 2.19. The molecule has 6 heteroatoms. The van der Waals surface area contributed by atoms with Crippen molar-refractivity contribution in [3.8, 4) is 0 Å². The molecule has 70 valence electrons. The Morgan fingerprint density at radius 1 is 1.38 bits per heavy atom. The highest BCUT2D eigenvalue weighted by Gasteiger charge is 2.14. The van der Waals surface area contributed by atoms with E-state index < -0.39 is 4.92 Å². The fourth-order valence-electron chi connectivity index (χ4n) is 0.874. The first kappa shape index (κ1) is 10.2. The van der Waals surface area contributed by atoms with Crippen LogP contribution in [0, 0.1) is 10.1 Å². The highest BCUT2D eigenvalue weighted by Crippen LogP contribution is 2.30. The van der Waals surface area contributed by atoms with Crippen molar-refractivity contribution >= 4 is 28.9 Å². The van der Waals surface area contributed by atoms with Crippen molar-refractivity contribution in [3.63, 3.8) is 0 Å². The summed E-state index contributed by atoms with van der Waals surface area (Å²) in [6.45, 7) is 0.205. The van der Waals surface area contributed by atoms with Crippen molar-refractivity contribution in [2.45, 2.75) is 6.54 Å². The van der Waals surface area contributed by atoms with Crippen LogP contribution in [0.4, 0.5) is 5.69 Å². The van der Waals surface area contributed by atoms with Crippen LogP contribution in [0.25, 0.3) is 0 Å². The SMILES string of the molecule is NCc1cc(Cl)c([N+](=O)[O-])cc1Cl. The van der Waals surface area contributed by atoms with Crippen molar-refractivity contribution in [2.24, 2.45) is 5.73 Å². The molecule has 0 unspecified atom stereocenters. The third kappa shape index (κ3) is 2.09. The minimum absolute atomic E-state index is 0.0508. The molecule has 1 aromatic carbocycles. The van der Waals surface area contributed by atoms with Gasteiger partial charge in [-0.05, 0) is 11.6 Å². The molecule has 0 aliphatic carbocycles. The zero-order chi connectivity index (χ0) is 10.0. The summed E-state index contributed by atoms with van der Waals surface area (Å²) in [5.41, 5.74) is 5.72. The average molecular weight is 221 g/mol. The van der Waals surface area contributed by atoms with Gasteiger partial charge in [-0.3, -0.25) is 10.1 Å². The quantitative estimate of drug-likeness (QED) is 0.615. The lowest BCUT2D eigenvalue weighted by Crippen LogP contribution is -1.98. The number of hydrogen-bond acceptors (Lipinski definition) is 3. The Kier molecular flexibility index (Phi) is 3.08. The number of nitrogens with two attached hydrogens (primary N) is 1. The van der Waals surface area contributed by atoms with E-state index in [1.165, 1.54) is 12.1 Å². The summed E-state index contributed by atoms with van der Waals surface area (Å²) in [6.07, 6.45) is 0. The van der Waals surface area contributed by atoms with Crippen LogP contribution in [0.3, 0.4) is 0 Å². The number of halogens is 2. The van der Waals surface area contributed by atoms with E-state index in [2.05, 4.69) is 0 Å². The zero-order valence-electron chi connectivity index (χ0n) is 6.46. The molecule has 0 spiro atoms. The van der Waals surface area contributed by atoms with Crippen molar-refractivity contribution in [2.75, 3.05) is 0 Å². The summed E-state index contributed by atoms with van der Waals surface area (Å²) >= 11 is 11.3. The maximum atomic E-state index is 10.4. The Bertz CT molecular complexity index is 355. The molecule has 0 aliphatic rings. The van der Waals surface area contributed by atoms with Crippen LogP contribution in [0.1, 0.15) is 5.56 Å². The predicted molar refractivity (Wildman–Crippen MR) is 51.0 cm³/mol. The summed E-state index contributed by atoms with van der Waals surface area (Å²) in [5.74, 6) is 0. The molecule has 0 heterocycles. The summed E-state index contributed by atoms with van der Waals surface area (Å²) in [7, 11) is 0. The third-order valence-electron chi connectivity index (χ3n) is 1.53. The fourth-order valence-corrected chi connectivity index (χ4v) is 1.36. The van der Waals surface area contributed by atoms with Gasteiger partial charge in [-0.2, -0.15) is 0 Å². The smallest absolute Gasteiger partial charge is 0.289 e. The molecular weight excluding hydrogens is 215 g/mol. The van der Waals surface area contributed by atoms with Crippen LogP contribution in [0.15, 0.2) is 12.1 Å². The van der Waals surface area contributed by atoms with Crippen molar-refractivity contribution < 1.29 is 4.92 Å². The molecule has 2 N–H and O–H groups in total. The van der Waals surface area contributed by atoms with E-state index in [0.29, 0.717) is 5.56 Å². The summed E-state index contributed by atoms with van der Waals surface area (Å²) < 4.78 is 0. The van der Waals surface area contributed by atoms with Gasteiger partial charge in [0, 0.05) is 12.6 Å². The van der Waals surface area contributed by atoms with E-state index in [1.54, 1.807) is 0 Å². The number of benzene rings is 1. The molecule has 4 nitrogen and oxygen atoms in total. The first-order chi connectivity index (χ1) is 6.06. The minimum atomic E-state index is -0.589. The van der Waals surface area contributed by atoms with Crippen molar-refractivity contribution in [3.05, 3.63) is 37.9 Å². The monoisotopic (exact) mass is 220 g/mol. The van der Waals surface area contributed by atoms with Crippen LogP contribution < -0.4 is 5.73 Å². The lowest BCUT2D eigenvalue weighted by molar-refractivity contribution is -0.384. The average Bonchev–Trinajstić information content (AvgIpc) is 2.07. The molecule has 0 fully saturated rings. The van der Waals surface area contributed by atoms with Crippen LogP contribution in [0.2, 0.25) is 10.0 Å². The van der Waals surface area contributed by atoms with E-state index in [-0.39, 0.29) is 22.3 Å².